The molecule has 0 aliphatic rings. The summed E-state index contributed by atoms with van der Waals surface area (Å²) in [6, 6.07) is 4.18. The third kappa shape index (κ3) is 2.72. The lowest BCUT2D eigenvalue weighted by atomic mass is 10.1. The molecule has 0 unspecified atom stereocenters. The van der Waals surface area contributed by atoms with Crippen LogP contribution in [0, 0.1) is 0 Å². The molecule has 2 N–H and O–H groups in total. The van der Waals surface area contributed by atoms with Crippen LogP contribution >= 0.6 is 11.3 Å². The largest absolute Gasteiger partial charge is 0.383 e. The van der Waals surface area contributed by atoms with Crippen LogP contribution in [0.2, 0.25) is 0 Å². The molecular weight excluding hydrogens is 272 g/mol. The van der Waals surface area contributed by atoms with Crippen molar-refractivity contribution in [3.05, 3.63) is 35.5 Å². The van der Waals surface area contributed by atoms with Gasteiger partial charge in [-0.1, -0.05) is 0 Å². The van der Waals surface area contributed by atoms with Gasteiger partial charge in [-0.3, -0.25) is 10.1 Å². The number of nitrogens with one attached hydrogen (secondary N) is 2. The Labute approximate surface area is 121 Å². The second-order valence-corrected chi connectivity index (χ2v) is 5.42. The number of H-pyrrole nitrogens is 1. The van der Waals surface area contributed by atoms with Gasteiger partial charge in [-0.15, -0.1) is 11.3 Å². The van der Waals surface area contributed by atoms with Crippen molar-refractivity contribution in [2.75, 3.05) is 20.3 Å². The Kier molecular flexibility index (Phi) is 4.05. The summed E-state index contributed by atoms with van der Waals surface area (Å²) in [5.41, 5.74) is 4.27. The van der Waals surface area contributed by atoms with Gasteiger partial charge >= 0.3 is 0 Å². The average Bonchev–Trinajstić information content (AvgIpc) is 3.11. The standard InChI is InChI=1S/C14H16N4OS/c1-19-4-3-15-7-11-9-17-18-14(11)10-6-13-12(16-8-10)2-5-20-13/h2,5-6,8-9,15H,3-4,7H2,1H3,(H,17,18). The van der Waals surface area contributed by atoms with E-state index >= 15 is 0 Å². The van der Waals surface area contributed by atoms with Crippen molar-refractivity contribution in [2.45, 2.75) is 6.54 Å². The van der Waals surface area contributed by atoms with E-state index in [1.54, 1.807) is 18.4 Å². The summed E-state index contributed by atoms with van der Waals surface area (Å²) in [5, 5.41) is 12.6. The molecule has 20 heavy (non-hydrogen) atoms. The second-order valence-electron chi connectivity index (χ2n) is 4.47. The van der Waals surface area contributed by atoms with Crippen LogP contribution in [0.1, 0.15) is 5.56 Å². The molecule has 0 aliphatic carbocycles. The summed E-state index contributed by atoms with van der Waals surface area (Å²) >= 11 is 1.70. The van der Waals surface area contributed by atoms with E-state index < -0.39 is 0 Å². The zero-order valence-electron chi connectivity index (χ0n) is 11.2. The zero-order chi connectivity index (χ0) is 13.8. The van der Waals surface area contributed by atoms with Gasteiger partial charge in [-0.25, -0.2) is 0 Å². The van der Waals surface area contributed by atoms with Crippen LogP contribution in [0.3, 0.4) is 0 Å². The Morgan fingerprint density at radius 1 is 1.40 bits per heavy atom. The number of aromatic nitrogens is 3. The second kappa shape index (κ2) is 6.13. The number of aromatic amines is 1. The van der Waals surface area contributed by atoms with Gasteiger partial charge in [0, 0.05) is 37.5 Å². The predicted octanol–water partition coefficient (Wildman–Crippen LogP) is 2.42. The molecule has 0 saturated carbocycles. The van der Waals surface area contributed by atoms with Crippen LogP contribution in [0.5, 0.6) is 0 Å². The molecule has 0 atom stereocenters. The first-order valence-corrected chi connectivity index (χ1v) is 7.32. The van der Waals surface area contributed by atoms with E-state index in [0.717, 1.165) is 35.4 Å². The molecule has 6 heteroatoms. The highest BCUT2D eigenvalue weighted by Crippen LogP contribution is 2.26. The van der Waals surface area contributed by atoms with Gasteiger partial charge in [0.15, 0.2) is 0 Å². The maximum Gasteiger partial charge on any atom is 0.0810 e. The summed E-state index contributed by atoms with van der Waals surface area (Å²) < 4.78 is 6.21. The Morgan fingerprint density at radius 2 is 2.35 bits per heavy atom. The van der Waals surface area contributed by atoms with Gasteiger partial charge < -0.3 is 10.1 Å². The van der Waals surface area contributed by atoms with Crippen molar-refractivity contribution in [1.82, 2.24) is 20.5 Å². The van der Waals surface area contributed by atoms with E-state index in [-0.39, 0.29) is 0 Å². The first kappa shape index (κ1) is 13.2. The van der Waals surface area contributed by atoms with Gasteiger partial charge in [-0.2, -0.15) is 5.10 Å². The molecule has 3 rings (SSSR count). The number of methoxy groups -OCH3 is 1. The first-order chi connectivity index (χ1) is 9.88. The van der Waals surface area contributed by atoms with Crippen molar-refractivity contribution in [3.63, 3.8) is 0 Å². The predicted molar refractivity (Wildman–Crippen MR) is 80.8 cm³/mol. The quantitative estimate of drug-likeness (QED) is 0.684. The number of nitrogens with zero attached hydrogens (tertiary/aromatic N) is 2. The van der Waals surface area contributed by atoms with Crippen molar-refractivity contribution in [1.29, 1.82) is 0 Å². The van der Waals surface area contributed by atoms with Crippen LogP contribution in [0.25, 0.3) is 21.5 Å². The fourth-order valence-corrected chi connectivity index (χ4v) is 2.86. The summed E-state index contributed by atoms with van der Waals surface area (Å²) in [6.45, 7) is 2.29. The highest BCUT2D eigenvalue weighted by molar-refractivity contribution is 7.17. The maximum absolute atomic E-state index is 5.02. The molecule has 0 bridgehead atoms. The third-order valence-electron chi connectivity index (χ3n) is 3.11. The summed E-state index contributed by atoms with van der Waals surface area (Å²) in [7, 11) is 1.70. The molecule has 3 aromatic rings. The normalized spacial score (nSPS) is 11.2. The lowest BCUT2D eigenvalue weighted by molar-refractivity contribution is 0.199. The molecule has 0 aromatic carbocycles. The van der Waals surface area contributed by atoms with Gasteiger partial charge in [0.25, 0.3) is 0 Å². The fourth-order valence-electron chi connectivity index (χ4n) is 2.08. The van der Waals surface area contributed by atoms with E-state index in [1.165, 1.54) is 4.70 Å². The van der Waals surface area contributed by atoms with Gasteiger partial charge in [0.05, 0.1) is 28.7 Å². The van der Waals surface area contributed by atoms with Crippen molar-refractivity contribution < 1.29 is 4.74 Å². The Hall–Kier alpha value is -1.76. The zero-order valence-corrected chi connectivity index (χ0v) is 12.0. The molecule has 3 aromatic heterocycles. The highest BCUT2D eigenvalue weighted by atomic mass is 32.1. The van der Waals surface area contributed by atoms with E-state index in [4.69, 9.17) is 4.74 Å². The van der Waals surface area contributed by atoms with Crippen LogP contribution in [-0.2, 0) is 11.3 Å². The van der Waals surface area contributed by atoms with Crippen LogP contribution < -0.4 is 5.32 Å². The molecular formula is C14H16N4OS. The summed E-state index contributed by atoms with van der Waals surface area (Å²) in [4.78, 5) is 4.47. The highest BCUT2D eigenvalue weighted by Gasteiger charge is 2.09. The SMILES string of the molecule is COCCNCc1cn[nH]c1-c1cnc2ccsc2c1. The number of hydrogen-bond donors (Lipinski definition) is 2. The molecule has 0 fully saturated rings. The molecule has 5 nitrogen and oxygen atoms in total. The van der Waals surface area contributed by atoms with Gasteiger partial charge in [0.1, 0.15) is 0 Å². The number of ether oxygens (including phenoxy) is 1. The third-order valence-corrected chi connectivity index (χ3v) is 3.96. The van der Waals surface area contributed by atoms with Crippen molar-refractivity contribution >= 4 is 21.6 Å². The van der Waals surface area contributed by atoms with Crippen molar-refractivity contribution in [2.24, 2.45) is 0 Å². The number of hydrogen-bond acceptors (Lipinski definition) is 5. The number of thiophene rings is 1. The minimum absolute atomic E-state index is 0.704. The monoisotopic (exact) mass is 288 g/mol. The Morgan fingerprint density at radius 3 is 3.25 bits per heavy atom. The maximum atomic E-state index is 5.02. The average molecular weight is 288 g/mol. The Balaban J connectivity index is 1.80. The van der Waals surface area contributed by atoms with E-state index in [1.807, 2.05) is 18.5 Å². The Bertz CT molecular complexity index is 691. The summed E-state index contributed by atoms with van der Waals surface area (Å²) in [5.74, 6) is 0. The number of fused-ring (bicyclic) bond motifs is 1. The first-order valence-electron chi connectivity index (χ1n) is 6.44. The van der Waals surface area contributed by atoms with Crippen LogP contribution in [-0.4, -0.2) is 35.4 Å². The fraction of sp³-hybridized carbons (Fsp3) is 0.286. The molecule has 0 radical (unpaired) electrons. The van der Waals surface area contributed by atoms with Gasteiger partial charge in [-0.05, 0) is 17.5 Å². The molecule has 104 valence electrons. The lowest BCUT2D eigenvalue weighted by Crippen LogP contribution is -2.18. The molecule has 0 saturated heterocycles. The van der Waals surface area contributed by atoms with Crippen LogP contribution in [0.15, 0.2) is 29.9 Å². The number of pyridine rings is 1. The molecule has 0 spiro atoms. The minimum Gasteiger partial charge on any atom is -0.383 e. The lowest BCUT2D eigenvalue weighted by Gasteiger charge is -2.05. The van der Waals surface area contributed by atoms with E-state index in [2.05, 4.69) is 31.9 Å². The summed E-state index contributed by atoms with van der Waals surface area (Å²) in [6.07, 6.45) is 3.75. The molecule has 0 aliphatic heterocycles. The van der Waals surface area contributed by atoms with E-state index in [0.29, 0.717) is 6.61 Å². The van der Waals surface area contributed by atoms with E-state index in [9.17, 15) is 0 Å². The van der Waals surface area contributed by atoms with Gasteiger partial charge in [0.2, 0.25) is 0 Å². The van der Waals surface area contributed by atoms with Crippen LogP contribution in [0.4, 0.5) is 0 Å². The number of rotatable bonds is 6. The smallest absolute Gasteiger partial charge is 0.0810 e. The minimum atomic E-state index is 0.704. The molecule has 0 amide bonds. The van der Waals surface area contributed by atoms with Crippen molar-refractivity contribution in [3.8, 4) is 11.3 Å². The molecule has 3 heterocycles. The topological polar surface area (TPSA) is 62.8 Å².